The molecule has 1 aliphatic carbocycles. The molecule has 6 nitrogen and oxygen atoms in total. The number of methoxy groups -OCH3 is 1. The first kappa shape index (κ1) is 14.8. The number of ether oxygens (including phenoxy) is 1. The van der Waals surface area contributed by atoms with E-state index in [0.29, 0.717) is 12.8 Å². The molecule has 1 saturated carbocycles. The molecule has 1 fully saturated rings. The Morgan fingerprint density at radius 3 is 2.72 bits per heavy atom. The van der Waals surface area contributed by atoms with Gasteiger partial charge >= 0.3 is 12.0 Å². The summed E-state index contributed by atoms with van der Waals surface area (Å²) < 4.78 is 5.27. The van der Waals surface area contributed by atoms with Gasteiger partial charge in [-0.2, -0.15) is 0 Å². The predicted molar refractivity (Wildman–Crippen MR) is 66.4 cm³/mol. The van der Waals surface area contributed by atoms with Crippen LogP contribution in [0.4, 0.5) is 4.79 Å². The number of rotatable bonds is 6. The number of hydrogen-bond acceptors (Lipinski definition) is 3. The van der Waals surface area contributed by atoms with E-state index in [1.165, 1.54) is 0 Å². The maximum Gasteiger partial charge on any atom is 0.326 e. The molecular formula is C12H22N2O4. The first-order valence-corrected chi connectivity index (χ1v) is 6.41. The van der Waals surface area contributed by atoms with Crippen LogP contribution in [0.15, 0.2) is 0 Å². The van der Waals surface area contributed by atoms with E-state index in [9.17, 15) is 9.59 Å². The summed E-state index contributed by atoms with van der Waals surface area (Å²) >= 11 is 0. The van der Waals surface area contributed by atoms with Gasteiger partial charge in [-0.05, 0) is 25.7 Å². The average molecular weight is 258 g/mol. The molecule has 3 atom stereocenters. The van der Waals surface area contributed by atoms with Crippen LogP contribution in [0.25, 0.3) is 0 Å². The van der Waals surface area contributed by atoms with Crippen LogP contribution >= 0.6 is 0 Å². The SMILES string of the molecule is CCCC(NC(=O)NC1CCCC1OC)C(=O)O. The van der Waals surface area contributed by atoms with Crippen LogP contribution < -0.4 is 10.6 Å². The molecule has 1 aliphatic rings. The van der Waals surface area contributed by atoms with Crippen LogP contribution in [0.2, 0.25) is 0 Å². The lowest BCUT2D eigenvalue weighted by molar-refractivity contribution is -0.139. The van der Waals surface area contributed by atoms with Crippen molar-refractivity contribution in [2.24, 2.45) is 0 Å². The van der Waals surface area contributed by atoms with E-state index in [1.807, 2.05) is 6.92 Å². The molecule has 3 unspecified atom stereocenters. The lowest BCUT2D eigenvalue weighted by atomic mass is 10.2. The molecule has 0 aromatic heterocycles. The minimum absolute atomic E-state index is 0.0222. The summed E-state index contributed by atoms with van der Waals surface area (Å²) in [6.07, 6.45) is 3.99. The molecule has 104 valence electrons. The van der Waals surface area contributed by atoms with Crippen molar-refractivity contribution in [3.05, 3.63) is 0 Å². The summed E-state index contributed by atoms with van der Waals surface area (Å²) in [5.41, 5.74) is 0. The number of nitrogens with one attached hydrogen (secondary N) is 2. The normalized spacial score (nSPS) is 24.6. The van der Waals surface area contributed by atoms with E-state index in [4.69, 9.17) is 9.84 Å². The fourth-order valence-corrected chi connectivity index (χ4v) is 2.29. The fraction of sp³-hybridized carbons (Fsp3) is 0.833. The van der Waals surface area contributed by atoms with E-state index >= 15 is 0 Å². The molecule has 6 heteroatoms. The zero-order valence-electron chi connectivity index (χ0n) is 10.9. The van der Waals surface area contributed by atoms with Gasteiger partial charge in [0.25, 0.3) is 0 Å². The molecule has 0 saturated heterocycles. The molecule has 2 amide bonds. The second-order valence-electron chi connectivity index (χ2n) is 4.61. The van der Waals surface area contributed by atoms with E-state index < -0.39 is 18.0 Å². The van der Waals surface area contributed by atoms with Crippen LogP contribution in [-0.4, -0.2) is 42.4 Å². The number of hydrogen-bond donors (Lipinski definition) is 3. The quantitative estimate of drug-likeness (QED) is 0.666. The molecule has 3 N–H and O–H groups in total. The molecular weight excluding hydrogens is 236 g/mol. The van der Waals surface area contributed by atoms with Crippen LogP contribution in [0, 0.1) is 0 Å². The van der Waals surface area contributed by atoms with Crippen molar-refractivity contribution in [3.63, 3.8) is 0 Å². The van der Waals surface area contributed by atoms with Crippen molar-refractivity contribution in [1.82, 2.24) is 10.6 Å². The molecule has 0 aromatic carbocycles. The van der Waals surface area contributed by atoms with Crippen LogP contribution in [-0.2, 0) is 9.53 Å². The Hall–Kier alpha value is -1.30. The van der Waals surface area contributed by atoms with Crippen LogP contribution in [0.5, 0.6) is 0 Å². The minimum Gasteiger partial charge on any atom is -0.480 e. The van der Waals surface area contributed by atoms with Crippen molar-refractivity contribution >= 4 is 12.0 Å². The number of carboxylic acids is 1. The highest BCUT2D eigenvalue weighted by Gasteiger charge is 2.29. The Morgan fingerprint density at radius 1 is 1.44 bits per heavy atom. The summed E-state index contributed by atoms with van der Waals surface area (Å²) in [6, 6.07) is -1.27. The van der Waals surface area contributed by atoms with Crippen molar-refractivity contribution in [2.75, 3.05) is 7.11 Å². The average Bonchev–Trinajstić information content (AvgIpc) is 2.75. The van der Waals surface area contributed by atoms with Crippen molar-refractivity contribution < 1.29 is 19.4 Å². The Morgan fingerprint density at radius 2 is 2.17 bits per heavy atom. The highest BCUT2D eigenvalue weighted by Crippen LogP contribution is 2.21. The van der Waals surface area contributed by atoms with Gasteiger partial charge in [-0.1, -0.05) is 13.3 Å². The third kappa shape index (κ3) is 4.18. The Balaban J connectivity index is 2.42. The molecule has 0 aliphatic heterocycles. The highest BCUT2D eigenvalue weighted by molar-refractivity contribution is 5.82. The van der Waals surface area contributed by atoms with Gasteiger partial charge in [0.15, 0.2) is 0 Å². The number of carbonyl (C=O) groups excluding carboxylic acids is 1. The third-order valence-electron chi connectivity index (χ3n) is 3.25. The molecule has 18 heavy (non-hydrogen) atoms. The molecule has 1 rings (SSSR count). The minimum atomic E-state index is -0.998. The lowest BCUT2D eigenvalue weighted by Gasteiger charge is -2.21. The molecule has 0 aromatic rings. The van der Waals surface area contributed by atoms with E-state index in [2.05, 4.69) is 10.6 Å². The van der Waals surface area contributed by atoms with Gasteiger partial charge in [-0.3, -0.25) is 0 Å². The van der Waals surface area contributed by atoms with Gasteiger partial charge in [-0.15, -0.1) is 0 Å². The molecule has 0 heterocycles. The van der Waals surface area contributed by atoms with Gasteiger partial charge in [0.2, 0.25) is 0 Å². The van der Waals surface area contributed by atoms with Gasteiger partial charge in [-0.25, -0.2) is 9.59 Å². The molecule has 0 spiro atoms. The van der Waals surface area contributed by atoms with Crippen molar-refractivity contribution in [1.29, 1.82) is 0 Å². The number of amides is 2. The van der Waals surface area contributed by atoms with Crippen LogP contribution in [0.1, 0.15) is 39.0 Å². The van der Waals surface area contributed by atoms with Crippen LogP contribution in [0.3, 0.4) is 0 Å². The first-order chi connectivity index (χ1) is 8.58. The lowest BCUT2D eigenvalue weighted by Crippen LogP contribution is -2.50. The predicted octanol–water partition coefficient (Wildman–Crippen LogP) is 1.11. The summed E-state index contributed by atoms with van der Waals surface area (Å²) in [7, 11) is 1.62. The van der Waals surface area contributed by atoms with E-state index in [1.54, 1.807) is 7.11 Å². The summed E-state index contributed by atoms with van der Waals surface area (Å²) in [4.78, 5) is 22.6. The monoisotopic (exact) mass is 258 g/mol. The largest absolute Gasteiger partial charge is 0.480 e. The second-order valence-corrected chi connectivity index (χ2v) is 4.61. The summed E-state index contributed by atoms with van der Waals surface area (Å²) in [5, 5.41) is 14.2. The number of aliphatic carboxylic acids is 1. The first-order valence-electron chi connectivity index (χ1n) is 6.41. The Kier molecular flexibility index (Phi) is 5.91. The maximum absolute atomic E-state index is 11.7. The summed E-state index contributed by atoms with van der Waals surface area (Å²) in [5.74, 6) is -0.998. The van der Waals surface area contributed by atoms with E-state index in [0.717, 1.165) is 19.3 Å². The highest BCUT2D eigenvalue weighted by atomic mass is 16.5. The standard InChI is InChI=1S/C12H22N2O4/c1-3-5-9(11(15)16)14-12(17)13-8-6-4-7-10(8)18-2/h8-10H,3-7H2,1-2H3,(H,15,16)(H2,13,14,17). The Bertz CT molecular complexity index is 296. The van der Waals surface area contributed by atoms with E-state index in [-0.39, 0.29) is 12.1 Å². The van der Waals surface area contributed by atoms with Crippen molar-refractivity contribution in [2.45, 2.75) is 57.2 Å². The van der Waals surface area contributed by atoms with Gasteiger partial charge in [0.05, 0.1) is 12.1 Å². The fourth-order valence-electron chi connectivity index (χ4n) is 2.29. The number of carbonyl (C=O) groups is 2. The van der Waals surface area contributed by atoms with Gasteiger partial charge in [0.1, 0.15) is 6.04 Å². The Labute approximate surface area is 107 Å². The zero-order valence-corrected chi connectivity index (χ0v) is 10.9. The zero-order chi connectivity index (χ0) is 13.5. The van der Waals surface area contributed by atoms with Crippen molar-refractivity contribution in [3.8, 4) is 0 Å². The maximum atomic E-state index is 11.7. The topological polar surface area (TPSA) is 87.7 Å². The molecule has 0 bridgehead atoms. The summed E-state index contributed by atoms with van der Waals surface area (Å²) in [6.45, 7) is 1.88. The number of urea groups is 1. The molecule has 0 radical (unpaired) electrons. The van der Waals surface area contributed by atoms with Gasteiger partial charge in [0, 0.05) is 7.11 Å². The van der Waals surface area contributed by atoms with Gasteiger partial charge < -0.3 is 20.5 Å². The third-order valence-corrected chi connectivity index (χ3v) is 3.25. The second kappa shape index (κ2) is 7.20. The number of carboxylic acid groups (broad SMARTS) is 1. The smallest absolute Gasteiger partial charge is 0.326 e.